The maximum Gasteiger partial charge on any atom is 0.103 e. The Bertz CT molecular complexity index is 281. The molecule has 0 saturated carbocycles. The predicted molar refractivity (Wildman–Crippen MR) is 70.5 cm³/mol. The van der Waals surface area contributed by atoms with E-state index in [4.69, 9.17) is 16.4 Å². The second-order valence-electron chi connectivity index (χ2n) is 3.52. The minimum Gasteiger partial charge on any atom is -0.277 e. The highest BCUT2D eigenvalue weighted by atomic mass is 35.5. The van der Waals surface area contributed by atoms with Gasteiger partial charge in [-0.2, -0.15) is 0 Å². The van der Waals surface area contributed by atoms with Gasteiger partial charge in [0.1, 0.15) is 5.17 Å². The summed E-state index contributed by atoms with van der Waals surface area (Å²) in [6, 6.07) is 0. The molecule has 3 nitrogen and oxygen atoms in total. The molecule has 0 heterocycles. The number of unbranched alkanes of at least 4 members (excludes halogenated alkanes) is 1. The molecule has 0 aromatic carbocycles. The van der Waals surface area contributed by atoms with Gasteiger partial charge >= 0.3 is 0 Å². The molecule has 0 aliphatic carbocycles. The van der Waals surface area contributed by atoms with Crippen LogP contribution in [0.1, 0.15) is 33.6 Å². The molecule has 0 radical (unpaired) electrons. The lowest BCUT2D eigenvalue weighted by Crippen LogP contribution is -2.23. The molecule has 0 spiro atoms. The fraction of sp³-hybridized carbons (Fsp3) is 0.583. The molecular formula is C12H21ClN2O. The van der Waals surface area contributed by atoms with E-state index in [2.05, 4.69) is 18.5 Å². The molecule has 16 heavy (non-hydrogen) atoms. The summed E-state index contributed by atoms with van der Waals surface area (Å²) in [4.78, 5) is 9.27. The van der Waals surface area contributed by atoms with Crippen molar-refractivity contribution in [2.45, 2.75) is 33.6 Å². The molecule has 0 aromatic heterocycles. The monoisotopic (exact) mass is 244 g/mol. The molecule has 0 rings (SSSR count). The van der Waals surface area contributed by atoms with Gasteiger partial charge in [0.2, 0.25) is 0 Å². The lowest BCUT2D eigenvalue weighted by molar-refractivity contribution is -0.0977. The molecule has 4 heteroatoms. The standard InChI is InChI=1S/C12H21ClN2O/c1-6-7-8-15(16-5)11(3)10(2)9-14-12(4)13/h9H,3,6-8H2,1-2,4-5H3. The maximum absolute atomic E-state index is 5.65. The van der Waals surface area contributed by atoms with Crippen LogP contribution in [0, 0.1) is 0 Å². The molecule has 0 fully saturated rings. The van der Waals surface area contributed by atoms with Gasteiger partial charge in [0.15, 0.2) is 0 Å². The first-order valence-electron chi connectivity index (χ1n) is 5.40. The molecule has 0 N–H and O–H groups in total. The average Bonchev–Trinajstić information content (AvgIpc) is 2.26. The van der Waals surface area contributed by atoms with Gasteiger partial charge in [-0.15, -0.1) is 0 Å². The van der Waals surface area contributed by atoms with Crippen molar-refractivity contribution >= 4 is 16.8 Å². The van der Waals surface area contributed by atoms with E-state index in [1.165, 1.54) is 0 Å². The molecule has 0 aliphatic heterocycles. The molecule has 0 amide bonds. The van der Waals surface area contributed by atoms with E-state index in [9.17, 15) is 0 Å². The summed E-state index contributed by atoms with van der Waals surface area (Å²) in [6.07, 6.45) is 3.88. The van der Waals surface area contributed by atoms with Gasteiger partial charge in [0.25, 0.3) is 0 Å². The first-order chi connectivity index (χ1) is 7.52. The second-order valence-corrected chi connectivity index (χ2v) is 4.07. The van der Waals surface area contributed by atoms with Gasteiger partial charge in [0, 0.05) is 12.7 Å². The van der Waals surface area contributed by atoms with E-state index < -0.39 is 0 Å². The molecule has 0 atom stereocenters. The molecule has 0 saturated heterocycles. The number of hydrogen-bond donors (Lipinski definition) is 0. The average molecular weight is 245 g/mol. The van der Waals surface area contributed by atoms with Crippen LogP contribution in [0.5, 0.6) is 0 Å². The maximum atomic E-state index is 5.65. The smallest absolute Gasteiger partial charge is 0.103 e. The number of halogens is 1. The predicted octanol–water partition coefficient (Wildman–Crippen LogP) is 3.72. The van der Waals surface area contributed by atoms with Crippen LogP contribution in [0.3, 0.4) is 0 Å². The highest BCUT2D eigenvalue weighted by Crippen LogP contribution is 2.14. The fourth-order valence-corrected chi connectivity index (χ4v) is 1.14. The van der Waals surface area contributed by atoms with Gasteiger partial charge < -0.3 is 0 Å². The van der Waals surface area contributed by atoms with Crippen molar-refractivity contribution in [1.29, 1.82) is 0 Å². The van der Waals surface area contributed by atoms with Crippen molar-refractivity contribution in [1.82, 2.24) is 5.06 Å². The zero-order valence-corrected chi connectivity index (χ0v) is 11.3. The topological polar surface area (TPSA) is 24.8 Å². The number of nitrogens with zero attached hydrogens (tertiary/aromatic N) is 2. The van der Waals surface area contributed by atoms with Crippen molar-refractivity contribution < 1.29 is 4.84 Å². The Hall–Kier alpha value is -0.800. The Morgan fingerprint density at radius 2 is 2.12 bits per heavy atom. The molecule has 0 aliphatic rings. The minimum atomic E-state index is 0.504. The van der Waals surface area contributed by atoms with Crippen LogP contribution in [0.4, 0.5) is 0 Å². The summed E-state index contributed by atoms with van der Waals surface area (Å²) in [5, 5.41) is 2.28. The highest BCUT2D eigenvalue weighted by molar-refractivity contribution is 6.64. The first-order valence-corrected chi connectivity index (χ1v) is 5.78. The van der Waals surface area contributed by atoms with Crippen molar-refractivity contribution in [3.05, 3.63) is 24.0 Å². The number of rotatable bonds is 7. The van der Waals surface area contributed by atoms with E-state index in [0.29, 0.717) is 5.17 Å². The zero-order valence-electron chi connectivity index (χ0n) is 10.6. The lowest BCUT2D eigenvalue weighted by Gasteiger charge is -2.23. The Morgan fingerprint density at radius 3 is 2.56 bits per heavy atom. The van der Waals surface area contributed by atoms with Gasteiger partial charge in [0.05, 0.1) is 12.8 Å². The molecular weight excluding hydrogens is 224 g/mol. The van der Waals surface area contributed by atoms with Gasteiger partial charge in [-0.3, -0.25) is 9.90 Å². The van der Waals surface area contributed by atoms with Crippen LogP contribution in [0.2, 0.25) is 0 Å². The summed E-state index contributed by atoms with van der Waals surface area (Å²) in [6.45, 7) is 10.6. The van der Waals surface area contributed by atoms with E-state index in [-0.39, 0.29) is 0 Å². The molecule has 0 bridgehead atoms. The number of hydroxylamine groups is 2. The number of hydrogen-bond acceptors (Lipinski definition) is 3. The quantitative estimate of drug-likeness (QED) is 0.387. The summed E-state index contributed by atoms with van der Waals surface area (Å²) in [7, 11) is 1.64. The first kappa shape index (κ1) is 15.2. The molecule has 92 valence electrons. The van der Waals surface area contributed by atoms with Crippen LogP contribution >= 0.6 is 11.6 Å². The lowest BCUT2D eigenvalue weighted by atomic mass is 10.2. The van der Waals surface area contributed by atoms with Crippen LogP contribution in [-0.2, 0) is 4.84 Å². The third-order valence-electron chi connectivity index (χ3n) is 2.13. The van der Waals surface area contributed by atoms with E-state index in [1.807, 2.05) is 6.92 Å². The third-order valence-corrected chi connectivity index (χ3v) is 2.23. The fourth-order valence-electron chi connectivity index (χ4n) is 1.10. The summed E-state index contributed by atoms with van der Waals surface area (Å²) >= 11 is 5.65. The van der Waals surface area contributed by atoms with E-state index >= 15 is 0 Å². The Morgan fingerprint density at radius 1 is 1.50 bits per heavy atom. The van der Waals surface area contributed by atoms with Crippen LogP contribution in [0.15, 0.2) is 29.0 Å². The minimum absolute atomic E-state index is 0.504. The Labute approximate surface area is 103 Å². The van der Waals surface area contributed by atoms with E-state index in [0.717, 1.165) is 30.7 Å². The second kappa shape index (κ2) is 8.36. The highest BCUT2D eigenvalue weighted by Gasteiger charge is 2.07. The summed E-state index contributed by atoms with van der Waals surface area (Å²) in [5.41, 5.74) is 1.76. The SMILES string of the molecule is C=C(C(C)=CN=C(C)Cl)N(CCCC)OC. The van der Waals surface area contributed by atoms with Crippen LogP contribution < -0.4 is 0 Å². The van der Waals surface area contributed by atoms with Crippen molar-refractivity contribution in [3.63, 3.8) is 0 Å². The van der Waals surface area contributed by atoms with Gasteiger partial charge in [-0.05, 0) is 25.8 Å². The third kappa shape index (κ3) is 5.93. The van der Waals surface area contributed by atoms with E-state index in [1.54, 1.807) is 25.3 Å². The van der Waals surface area contributed by atoms with Crippen molar-refractivity contribution in [2.24, 2.45) is 4.99 Å². The van der Waals surface area contributed by atoms with Gasteiger partial charge in [-0.25, -0.2) is 4.99 Å². The Balaban J connectivity index is 4.49. The summed E-state index contributed by atoms with van der Waals surface area (Å²) in [5.74, 6) is 0. The van der Waals surface area contributed by atoms with Crippen molar-refractivity contribution in [3.8, 4) is 0 Å². The number of aliphatic imine (C=N–C) groups is 1. The van der Waals surface area contributed by atoms with Crippen LogP contribution in [0.25, 0.3) is 0 Å². The normalized spacial score (nSPS) is 12.8. The molecule has 0 unspecified atom stereocenters. The largest absolute Gasteiger partial charge is 0.277 e. The Kier molecular flexibility index (Phi) is 7.95. The van der Waals surface area contributed by atoms with Crippen LogP contribution in [-0.4, -0.2) is 23.9 Å². The van der Waals surface area contributed by atoms with Gasteiger partial charge in [-0.1, -0.05) is 31.5 Å². The van der Waals surface area contributed by atoms with Crippen molar-refractivity contribution in [2.75, 3.05) is 13.7 Å². The number of allylic oxidation sites excluding steroid dienone is 1. The molecule has 0 aromatic rings. The zero-order chi connectivity index (χ0) is 12.6. The summed E-state index contributed by atoms with van der Waals surface area (Å²) < 4.78 is 0.